The van der Waals surface area contributed by atoms with Crippen LogP contribution in [0.25, 0.3) is 0 Å². The van der Waals surface area contributed by atoms with Crippen LogP contribution >= 0.6 is 0 Å². The van der Waals surface area contributed by atoms with Crippen LogP contribution < -0.4 is 11.1 Å². The van der Waals surface area contributed by atoms with E-state index in [2.05, 4.69) is 17.1 Å². The van der Waals surface area contributed by atoms with Crippen LogP contribution in [0.3, 0.4) is 0 Å². The molecule has 3 N–H and O–H groups in total. The number of likely N-dealkylation sites (tertiary alicyclic amines) is 1. The summed E-state index contributed by atoms with van der Waals surface area (Å²) in [5.74, 6) is -0.0384. The van der Waals surface area contributed by atoms with Gasteiger partial charge in [-0.2, -0.15) is 0 Å². The molecule has 1 aliphatic rings. The first-order valence-corrected chi connectivity index (χ1v) is 6.59. The molecule has 0 aliphatic carbocycles. The molecule has 0 bridgehead atoms. The van der Waals surface area contributed by atoms with Crippen molar-refractivity contribution in [3.63, 3.8) is 0 Å². The van der Waals surface area contributed by atoms with Crippen LogP contribution in [-0.4, -0.2) is 42.5 Å². The Bertz CT molecular complexity index is 254. The Morgan fingerprint density at radius 3 is 2.35 bits per heavy atom. The van der Waals surface area contributed by atoms with Gasteiger partial charge in [-0.3, -0.25) is 9.69 Å². The molecule has 4 nitrogen and oxygen atoms in total. The van der Waals surface area contributed by atoms with E-state index in [9.17, 15) is 4.79 Å². The second-order valence-corrected chi connectivity index (χ2v) is 6.18. The van der Waals surface area contributed by atoms with Gasteiger partial charge in [0.05, 0.1) is 6.04 Å². The van der Waals surface area contributed by atoms with Gasteiger partial charge in [0.25, 0.3) is 0 Å². The van der Waals surface area contributed by atoms with Gasteiger partial charge in [0, 0.05) is 12.6 Å². The van der Waals surface area contributed by atoms with Gasteiger partial charge < -0.3 is 11.1 Å². The first-order chi connectivity index (χ1) is 7.82. The number of nitrogens with zero attached hydrogens (tertiary/aromatic N) is 1. The average molecular weight is 241 g/mol. The summed E-state index contributed by atoms with van der Waals surface area (Å²) in [7, 11) is 0. The molecule has 0 radical (unpaired) electrons. The topological polar surface area (TPSA) is 58.4 Å². The van der Waals surface area contributed by atoms with E-state index in [-0.39, 0.29) is 11.3 Å². The highest BCUT2D eigenvalue weighted by Crippen LogP contribution is 2.17. The van der Waals surface area contributed by atoms with Crippen LogP contribution in [0.1, 0.15) is 40.5 Å². The molecule has 0 aromatic carbocycles. The van der Waals surface area contributed by atoms with Crippen molar-refractivity contribution >= 4 is 5.91 Å². The summed E-state index contributed by atoms with van der Waals surface area (Å²) < 4.78 is 0. The van der Waals surface area contributed by atoms with Gasteiger partial charge in [-0.25, -0.2) is 0 Å². The molecule has 2 unspecified atom stereocenters. The number of carbonyl (C=O) groups is 1. The molecule has 1 fully saturated rings. The normalized spacial score (nSPS) is 21.2. The molecule has 17 heavy (non-hydrogen) atoms. The van der Waals surface area contributed by atoms with Crippen LogP contribution in [0.15, 0.2) is 0 Å². The fourth-order valence-electron chi connectivity index (χ4n) is 2.06. The van der Waals surface area contributed by atoms with Gasteiger partial charge in [0.15, 0.2) is 0 Å². The first kappa shape index (κ1) is 14.5. The number of nitrogens with two attached hydrogens (primary N) is 1. The number of hydrogen-bond acceptors (Lipinski definition) is 3. The van der Waals surface area contributed by atoms with Crippen molar-refractivity contribution in [3.8, 4) is 0 Å². The third kappa shape index (κ3) is 4.28. The third-order valence-corrected chi connectivity index (χ3v) is 3.55. The van der Waals surface area contributed by atoms with Crippen LogP contribution in [-0.2, 0) is 4.79 Å². The molecule has 0 aromatic heterocycles. The van der Waals surface area contributed by atoms with Crippen molar-refractivity contribution < 1.29 is 4.79 Å². The quantitative estimate of drug-likeness (QED) is 0.771. The van der Waals surface area contributed by atoms with Gasteiger partial charge in [0.2, 0.25) is 5.91 Å². The summed E-state index contributed by atoms with van der Waals surface area (Å²) in [4.78, 5) is 14.3. The summed E-state index contributed by atoms with van der Waals surface area (Å²) in [6, 6.07) is -0.0260. The Morgan fingerprint density at radius 2 is 1.88 bits per heavy atom. The fraction of sp³-hybridized carbons (Fsp3) is 0.923. The Balaban J connectivity index is 2.32. The summed E-state index contributed by atoms with van der Waals surface area (Å²) in [6.07, 6.45) is 2.56. The number of carbonyl (C=O) groups excluding carboxylic acids is 1. The predicted octanol–water partition coefficient (Wildman–Crippen LogP) is 0.960. The molecule has 1 saturated heterocycles. The zero-order valence-corrected chi connectivity index (χ0v) is 11.6. The molecule has 1 amide bonds. The van der Waals surface area contributed by atoms with Crippen molar-refractivity contribution in [2.45, 2.75) is 52.6 Å². The lowest BCUT2D eigenvalue weighted by Gasteiger charge is -2.28. The van der Waals surface area contributed by atoms with Gasteiger partial charge in [-0.05, 0) is 38.3 Å². The zero-order valence-electron chi connectivity index (χ0n) is 11.6. The molecule has 1 heterocycles. The molecular weight excluding hydrogens is 214 g/mol. The summed E-state index contributed by atoms with van der Waals surface area (Å²) in [6.45, 7) is 11.1. The molecule has 1 rings (SSSR count). The minimum atomic E-state index is -0.437. The smallest absolute Gasteiger partial charge is 0.237 e. The number of rotatable bonds is 4. The average Bonchev–Trinajstić information content (AvgIpc) is 2.76. The van der Waals surface area contributed by atoms with Crippen molar-refractivity contribution in [3.05, 3.63) is 0 Å². The van der Waals surface area contributed by atoms with Gasteiger partial charge >= 0.3 is 0 Å². The summed E-state index contributed by atoms with van der Waals surface area (Å²) in [5, 5.41) is 2.96. The molecule has 0 spiro atoms. The zero-order chi connectivity index (χ0) is 13.1. The van der Waals surface area contributed by atoms with Crippen LogP contribution in [0, 0.1) is 5.41 Å². The van der Waals surface area contributed by atoms with Crippen LogP contribution in [0.2, 0.25) is 0 Å². The van der Waals surface area contributed by atoms with Crippen molar-refractivity contribution in [2.75, 3.05) is 19.6 Å². The van der Waals surface area contributed by atoms with E-state index in [0.29, 0.717) is 12.6 Å². The van der Waals surface area contributed by atoms with Gasteiger partial charge in [-0.15, -0.1) is 0 Å². The van der Waals surface area contributed by atoms with Crippen LogP contribution in [0.5, 0.6) is 0 Å². The van der Waals surface area contributed by atoms with E-state index in [1.165, 1.54) is 12.8 Å². The predicted molar refractivity (Wildman–Crippen MR) is 70.7 cm³/mol. The maximum absolute atomic E-state index is 11.9. The van der Waals surface area contributed by atoms with E-state index in [4.69, 9.17) is 5.73 Å². The molecule has 0 saturated carbocycles. The maximum atomic E-state index is 11.9. The Labute approximate surface area is 105 Å². The van der Waals surface area contributed by atoms with E-state index in [1.54, 1.807) is 0 Å². The van der Waals surface area contributed by atoms with E-state index < -0.39 is 6.04 Å². The van der Waals surface area contributed by atoms with E-state index in [0.717, 1.165) is 13.1 Å². The molecule has 100 valence electrons. The SMILES string of the molecule is CC(CNC(=O)C(N)C(C)(C)C)N1CCCC1. The molecule has 4 heteroatoms. The maximum Gasteiger partial charge on any atom is 0.237 e. The molecular formula is C13H27N3O. The number of amides is 1. The van der Waals surface area contributed by atoms with Crippen molar-refractivity contribution in [2.24, 2.45) is 11.1 Å². The Morgan fingerprint density at radius 1 is 1.35 bits per heavy atom. The number of hydrogen-bond donors (Lipinski definition) is 2. The molecule has 2 atom stereocenters. The Kier molecular flexibility index (Phi) is 4.95. The first-order valence-electron chi connectivity index (χ1n) is 6.59. The highest BCUT2D eigenvalue weighted by molar-refractivity contribution is 5.82. The number of nitrogens with one attached hydrogen (secondary N) is 1. The second kappa shape index (κ2) is 5.83. The Hall–Kier alpha value is -0.610. The minimum absolute atomic E-state index is 0.0384. The minimum Gasteiger partial charge on any atom is -0.353 e. The lowest BCUT2D eigenvalue weighted by Crippen LogP contribution is -2.51. The van der Waals surface area contributed by atoms with Gasteiger partial charge in [0.1, 0.15) is 0 Å². The summed E-state index contributed by atoms with van der Waals surface area (Å²) >= 11 is 0. The fourth-order valence-corrected chi connectivity index (χ4v) is 2.06. The summed E-state index contributed by atoms with van der Waals surface area (Å²) in [5.41, 5.74) is 5.73. The van der Waals surface area contributed by atoms with E-state index in [1.807, 2.05) is 20.8 Å². The lowest BCUT2D eigenvalue weighted by atomic mass is 9.87. The van der Waals surface area contributed by atoms with Crippen LogP contribution in [0.4, 0.5) is 0 Å². The molecule has 0 aromatic rings. The van der Waals surface area contributed by atoms with Gasteiger partial charge in [-0.1, -0.05) is 20.8 Å². The highest BCUT2D eigenvalue weighted by atomic mass is 16.2. The standard InChI is InChI=1S/C13H27N3O/c1-10(16-7-5-6-8-16)9-15-12(17)11(14)13(2,3)4/h10-11H,5-9,14H2,1-4H3,(H,15,17). The molecule has 1 aliphatic heterocycles. The van der Waals surface area contributed by atoms with Crippen molar-refractivity contribution in [1.29, 1.82) is 0 Å². The van der Waals surface area contributed by atoms with E-state index >= 15 is 0 Å². The largest absolute Gasteiger partial charge is 0.353 e. The third-order valence-electron chi connectivity index (χ3n) is 3.55. The highest BCUT2D eigenvalue weighted by Gasteiger charge is 2.28. The van der Waals surface area contributed by atoms with Crippen molar-refractivity contribution in [1.82, 2.24) is 10.2 Å². The second-order valence-electron chi connectivity index (χ2n) is 6.18. The lowest BCUT2D eigenvalue weighted by molar-refractivity contribution is -0.124. The monoisotopic (exact) mass is 241 g/mol.